The first-order chi connectivity index (χ1) is 18.8. The minimum Gasteiger partial charge on any atom is -0.321 e. The Morgan fingerprint density at radius 3 is 2.31 bits per heavy atom. The summed E-state index contributed by atoms with van der Waals surface area (Å²) in [6, 6.07) is 23.5. The first-order valence-corrected chi connectivity index (χ1v) is 13.8. The van der Waals surface area contributed by atoms with Crippen LogP contribution >= 0.6 is 23.1 Å². The van der Waals surface area contributed by atoms with E-state index in [9.17, 15) is 14.4 Å². The largest absolute Gasteiger partial charge is 0.321 e. The van der Waals surface area contributed by atoms with Crippen LogP contribution in [0.4, 0.5) is 10.8 Å². The van der Waals surface area contributed by atoms with Crippen molar-refractivity contribution in [2.45, 2.75) is 30.9 Å². The summed E-state index contributed by atoms with van der Waals surface area (Å²) in [7, 11) is 0. The van der Waals surface area contributed by atoms with Crippen LogP contribution in [0.3, 0.4) is 0 Å². The summed E-state index contributed by atoms with van der Waals surface area (Å²) in [5.41, 5.74) is 2.93. The zero-order valence-electron chi connectivity index (χ0n) is 21.6. The molecule has 0 saturated heterocycles. The summed E-state index contributed by atoms with van der Waals surface area (Å²) in [5.74, 6) is -1.01. The second-order valence-corrected chi connectivity index (χ2v) is 11.2. The van der Waals surface area contributed by atoms with Gasteiger partial charge in [0.25, 0.3) is 11.8 Å². The fourth-order valence-corrected chi connectivity index (χ4v) is 4.96. The molecule has 0 aliphatic heterocycles. The average molecular weight is 558 g/mol. The third-order valence-electron chi connectivity index (χ3n) is 5.43. The molecule has 0 spiro atoms. The highest BCUT2D eigenvalue weighted by Crippen LogP contribution is 2.26. The summed E-state index contributed by atoms with van der Waals surface area (Å²) in [6.07, 6.45) is 1.65. The molecule has 1 unspecified atom stereocenters. The van der Waals surface area contributed by atoms with Gasteiger partial charge in [-0.25, -0.2) is 0 Å². The molecule has 3 amide bonds. The third-order valence-corrected chi connectivity index (χ3v) is 7.30. The summed E-state index contributed by atoms with van der Waals surface area (Å²) in [5, 5.41) is 17.1. The molecule has 39 heavy (non-hydrogen) atoms. The summed E-state index contributed by atoms with van der Waals surface area (Å²) < 4.78 is 0. The molecule has 4 aromatic rings. The van der Waals surface area contributed by atoms with Crippen molar-refractivity contribution >= 4 is 57.7 Å². The van der Waals surface area contributed by atoms with Gasteiger partial charge in [0, 0.05) is 16.1 Å². The van der Waals surface area contributed by atoms with E-state index in [1.807, 2.05) is 56.3 Å². The molecule has 0 saturated carbocycles. The maximum atomic E-state index is 13.2. The highest BCUT2D eigenvalue weighted by atomic mass is 32.2. The Bertz CT molecular complexity index is 1500. The number of aromatic nitrogens is 2. The van der Waals surface area contributed by atoms with E-state index < -0.39 is 5.91 Å². The molecule has 1 heterocycles. The number of hydrogen-bond donors (Lipinski definition) is 3. The lowest BCUT2D eigenvalue weighted by Crippen LogP contribution is -2.30. The van der Waals surface area contributed by atoms with Crippen LogP contribution in [0.2, 0.25) is 0 Å². The van der Waals surface area contributed by atoms with Crippen molar-refractivity contribution in [3.05, 3.63) is 106 Å². The maximum Gasteiger partial charge on any atom is 0.272 e. The van der Waals surface area contributed by atoms with Gasteiger partial charge in [-0.1, -0.05) is 59.4 Å². The number of nitrogens with zero attached hydrogens (tertiary/aromatic N) is 2. The van der Waals surface area contributed by atoms with Crippen molar-refractivity contribution in [3.8, 4) is 0 Å². The van der Waals surface area contributed by atoms with Gasteiger partial charge in [-0.3, -0.25) is 19.7 Å². The van der Waals surface area contributed by atoms with Crippen molar-refractivity contribution in [1.29, 1.82) is 0 Å². The molecule has 3 aromatic carbocycles. The lowest BCUT2D eigenvalue weighted by molar-refractivity contribution is -0.115. The molecule has 0 aliphatic rings. The molecule has 8 nitrogen and oxygen atoms in total. The third kappa shape index (κ3) is 8.10. The van der Waals surface area contributed by atoms with Gasteiger partial charge in [0.2, 0.25) is 11.0 Å². The number of thioether (sulfide) groups is 1. The van der Waals surface area contributed by atoms with Crippen LogP contribution in [0.1, 0.15) is 33.4 Å². The van der Waals surface area contributed by atoms with Crippen molar-refractivity contribution < 1.29 is 14.4 Å². The molecule has 0 fully saturated rings. The Morgan fingerprint density at radius 2 is 1.64 bits per heavy atom. The number of amides is 3. The lowest BCUT2D eigenvalue weighted by Gasteiger charge is -2.13. The standard InChI is InChI=1S/C29H27N5O3S2/c1-18-8-7-9-21(16-18)17-25(31-27(36)22-10-5-4-6-11-22)28(37)30-23-12-14-24(15-13-23)38-19(2)26(35)32-29-34-33-20(3)39-29/h4-17,19H,1-3H3,(H,30,37)(H,31,36)(H,32,34,35)/b25-17-. The molecule has 4 rings (SSSR count). The van der Waals surface area contributed by atoms with Crippen LogP contribution in [-0.2, 0) is 9.59 Å². The summed E-state index contributed by atoms with van der Waals surface area (Å²) in [6.45, 7) is 5.59. The summed E-state index contributed by atoms with van der Waals surface area (Å²) in [4.78, 5) is 39.4. The maximum absolute atomic E-state index is 13.2. The molecule has 0 radical (unpaired) electrons. The van der Waals surface area contributed by atoms with E-state index in [0.717, 1.165) is 21.0 Å². The molecule has 198 valence electrons. The van der Waals surface area contributed by atoms with Gasteiger partial charge in [-0.05, 0) is 68.8 Å². The van der Waals surface area contributed by atoms with E-state index in [1.54, 1.807) is 49.4 Å². The average Bonchev–Trinajstić information content (AvgIpc) is 3.34. The van der Waals surface area contributed by atoms with Gasteiger partial charge in [0.15, 0.2) is 0 Å². The zero-order chi connectivity index (χ0) is 27.8. The second kappa shape index (κ2) is 13.0. The van der Waals surface area contributed by atoms with Gasteiger partial charge in [0.05, 0.1) is 5.25 Å². The SMILES string of the molecule is Cc1cccc(/C=C(\NC(=O)c2ccccc2)C(=O)Nc2ccc(SC(C)C(=O)Nc3nnc(C)s3)cc2)c1. The predicted octanol–water partition coefficient (Wildman–Crippen LogP) is 5.68. The molecule has 1 aromatic heterocycles. The smallest absolute Gasteiger partial charge is 0.272 e. The number of hydrogen-bond acceptors (Lipinski definition) is 7. The number of anilines is 2. The van der Waals surface area contributed by atoms with Crippen LogP contribution in [0.15, 0.2) is 89.5 Å². The fraction of sp³-hybridized carbons (Fsp3) is 0.138. The predicted molar refractivity (Wildman–Crippen MR) is 157 cm³/mol. The Labute approximate surface area is 235 Å². The number of carbonyl (C=O) groups excluding carboxylic acids is 3. The van der Waals surface area contributed by atoms with E-state index in [2.05, 4.69) is 26.1 Å². The van der Waals surface area contributed by atoms with E-state index in [0.29, 0.717) is 16.4 Å². The highest BCUT2D eigenvalue weighted by Gasteiger charge is 2.18. The second-order valence-electron chi connectivity index (χ2n) is 8.65. The lowest BCUT2D eigenvalue weighted by atomic mass is 10.1. The molecule has 10 heteroatoms. The fourth-order valence-electron chi connectivity index (χ4n) is 3.50. The van der Waals surface area contributed by atoms with Crippen LogP contribution < -0.4 is 16.0 Å². The number of carbonyl (C=O) groups is 3. The van der Waals surface area contributed by atoms with Gasteiger partial charge < -0.3 is 10.6 Å². The Kier molecular flexibility index (Phi) is 9.24. The Morgan fingerprint density at radius 1 is 0.897 bits per heavy atom. The number of rotatable bonds is 9. The monoisotopic (exact) mass is 557 g/mol. The van der Waals surface area contributed by atoms with Gasteiger partial charge in [0.1, 0.15) is 10.7 Å². The number of benzene rings is 3. The van der Waals surface area contributed by atoms with Crippen molar-refractivity contribution in [1.82, 2.24) is 15.5 Å². The van der Waals surface area contributed by atoms with E-state index >= 15 is 0 Å². The molecule has 0 aliphatic carbocycles. The van der Waals surface area contributed by atoms with E-state index in [1.165, 1.54) is 23.1 Å². The van der Waals surface area contributed by atoms with Crippen LogP contribution in [-0.4, -0.2) is 33.2 Å². The van der Waals surface area contributed by atoms with Crippen molar-refractivity contribution in [2.24, 2.45) is 0 Å². The van der Waals surface area contributed by atoms with Crippen molar-refractivity contribution in [3.63, 3.8) is 0 Å². The van der Waals surface area contributed by atoms with E-state index in [4.69, 9.17) is 0 Å². The van der Waals surface area contributed by atoms with Crippen LogP contribution in [0.5, 0.6) is 0 Å². The quantitative estimate of drug-likeness (QED) is 0.180. The van der Waals surface area contributed by atoms with Crippen LogP contribution in [0, 0.1) is 13.8 Å². The molecule has 0 bridgehead atoms. The van der Waals surface area contributed by atoms with Gasteiger partial charge in [-0.2, -0.15) is 0 Å². The number of nitrogens with one attached hydrogen (secondary N) is 3. The van der Waals surface area contributed by atoms with Gasteiger partial charge >= 0.3 is 0 Å². The highest BCUT2D eigenvalue weighted by molar-refractivity contribution is 8.00. The minimum absolute atomic E-state index is 0.116. The Hall–Kier alpha value is -4.28. The Balaban J connectivity index is 1.43. The normalized spacial score (nSPS) is 11.9. The first-order valence-electron chi connectivity index (χ1n) is 12.1. The topological polar surface area (TPSA) is 113 Å². The molecule has 1 atom stereocenters. The molecular weight excluding hydrogens is 530 g/mol. The summed E-state index contributed by atoms with van der Waals surface area (Å²) >= 11 is 2.70. The van der Waals surface area contributed by atoms with E-state index in [-0.39, 0.29) is 22.8 Å². The molecule has 3 N–H and O–H groups in total. The number of aryl methyl sites for hydroxylation is 2. The molecular formula is C29H27N5O3S2. The first kappa shape index (κ1) is 27.7. The van der Waals surface area contributed by atoms with Crippen LogP contribution in [0.25, 0.3) is 6.08 Å². The minimum atomic E-state index is -0.457. The van der Waals surface area contributed by atoms with Crippen molar-refractivity contribution in [2.75, 3.05) is 10.6 Å². The van der Waals surface area contributed by atoms with Gasteiger partial charge in [-0.15, -0.1) is 22.0 Å². The zero-order valence-corrected chi connectivity index (χ0v) is 23.2.